The van der Waals surface area contributed by atoms with Gasteiger partial charge in [0.1, 0.15) is 11.3 Å². The first-order valence-corrected chi connectivity index (χ1v) is 8.74. The van der Waals surface area contributed by atoms with Gasteiger partial charge in [-0.25, -0.2) is 4.79 Å². The summed E-state index contributed by atoms with van der Waals surface area (Å²) in [4.78, 5) is 17.6. The zero-order valence-corrected chi connectivity index (χ0v) is 15.4. The summed E-state index contributed by atoms with van der Waals surface area (Å²) < 4.78 is 49.1. The molecule has 9 heteroatoms. The molecule has 0 aromatic carbocycles. The topological polar surface area (TPSA) is 71.9 Å². The summed E-state index contributed by atoms with van der Waals surface area (Å²) in [5.74, 6) is 0. The van der Waals surface area contributed by atoms with E-state index in [-0.39, 0.29) is 26.1 Å². The molecule has 3 rings (SSSR count). The third-order valence-corrected chi connectivity index (χ3v) is 4.75. The molecule has 2 atom stereocenters. The van der Waals surface area contributed by atoms with Crippen molar-refractivity contribution in [1.29, 1.82) is 0 Å². The van der Waals surface area contributed by atoms with E-state index in [0.717, 1.165) is 12.3 Å². The van der Waals surface area contributed by atoms with Crippen LogP contribution < -0.4 is 0 Å². The van der Waals surface area contributed by atoms with Crippen LogP contribution in [0.25, 0.3) is 0 Å². The average Bonchev–Trinajstić information content (AvgIpc) is 2.51. The molecule has 2 unspecified atom stereocenters. The van der Waals surface area contributed by atoms with Crippen molar-refractivity contribution in [1.82, 2.24) is 9.88 Å². The molecule has 2 aliphatic heterocycles. The summed E-state index contributed by atoms with van der Waals surface area (Å²) in [5, 5.41) is 11.1. The highest BCUT2D eigenvalue weighted by molar-refractivity contribution is 5.69. The van der Waals surface area contributed by atoms with Crippen molar-refractivity contribution in [2.24, 2.45) is 0 Å². The maximum atomic E-state index is 12.7. The number of carbonyl (C=O) groups is 1. The molecular weight excluding hydrogens is 365 g/mol. The van der Waals surface area contributed by atoms with Crippen LogP contribution in [0.1, 0.15) is 44.9 Å². The van der Waals surface area contributed by atoms with E-state index < -0.39 is 41.2 Å². The Morgan fingerprint density at radius 3 is 2.30 bits per heavy atom. The van der Waals surface area contributed by atoms with Gasteiger partial charge in [-0.3, -0.25) is 9.88 Å². The summed E-state index contributed by atoms with van der Waals surface area (Å²) in [6, 6.07) is 1.24. The summed E-state index contributed by atoms with van der Waals surface area (Å²) >= 11 is 0. The monoisotopic (exact) mass is 388 g/mol. The highest BCUT2D eigenvalue weighted by Crippen LogP contribution is 2.41. The molecule has 0 aliphatic carbocycles. The lowest BCUT2D eigenvalue weighted by Gasteiger charge is -2.51. The number of morpholine rings is 1. The van der Waals surface area contributed by atoms with Crippen LogP contribution in [0.4, 0.5) is 18.0 Å². The Hall–Kier alpha value is -1.87. The standard InChI is InChI=1S/C18H23F3N2O4/c1-16(2,3)27-15(24)23-12-6-17(25,7-13(23)10-26-9-12)11-4-5-14(22-8-11)18(19,20)21/h4-5,8,12-13,25H,6-7,9-10H2,1-3H3. The number of hydrogen-bond acceptors (Lipinski definition) is 5. The minimum atomic E-state index is -4.54. The predicted molar refractivity (Wildman–Crippen MR) is 88.8 cm³/mol. The maximum Gasteiger partial charge on any atom is 0.433 e. The smallest absolute Gasteiger partial charge is 0.433 e. The summed E-state index contributed by atoms with van der Waals surface area (Å²) in [7, 11) is 0. The third-order valence-electron chi connectivity index (χ3n) is 4.75. The molecule has 2 aliphatic rings. The van der Waals surface area contributed by atoms with Gasteiger partial charge in [-0.15, -0.1) is 0 Å². The number of piperidine rings is 1. The van der Waals surface area contributed by atoms with Gasteiger partial charge in [0, 0.05) is 24.6 Å². The van der Waals surface area contributed by atoms with E-state index in [1.807, 2.05) is 0 Å². The molecule has 150 valence electrons. The van der Waals surface area contributed by atoms with Crippen LogP contribution in [0.5, 0.6) is 0 Å². The SMILES string of the molecule is CC(C)(C)OC(=O)N1C2COCC1CC(O)(c1ccc(C(F)(F)F)nc1)C2. The van der Waals surface area contributed by atoms with Gasteiger partial charge in [-0.2, -0.15) is 13.2 Å². The zero-order chi connectivity index (χ0) is 20.0. The van der Waals surface area contributed by atoms with E-state index in [2.05, 4.69) is 4.98 Å². The Kier molecular flexibility index (Phi) is 4.88. The fourth-order valence-electron chi connectivity index (χ4n) is 3.66. The molecule has 1 aromatic heterocycles. The molecule has 27 heavy (non-hydrogen) atoms. The second kappa shape index (κ2) is 6.63. The number of hydrogen-bond donors (Lipinski definition) is 1. The Bertz CT molecular complexity index is 686. The number of carbonyl (C=O) groups excluding carboxylic acids is 1. The van der Waals surface area contributed by atoms with Gasteiger partial charge in [0.15, 0.2) is 0 Å². The van der Waals surface area contributed by atoms with Crippen LogP contribution in [0.2, 0.25) is 0 Å². The van der Waals surface area contributed by atoms with Crippen molar-refractivity contribution in [3.8, 4) is 0 Å². The average molecular weight is 388 g/mol. The molecule has 6 nitrogen and oxygen atoms in total. The number of halogens is 3. The summed E-state index contributed by atoms with van der Waals surface area (Å²) in [6.45, 7) is 5.76. The Balaban J connectivity index is 1.82. The van der Waals surface area contributed by atoms with E-state index >= 15 is 0 Å². The van der Waals surface area contributed by atoms with Crippen molar-refractivity contribution >= 4 is 6.09 Å². The van der Waals surface area contributed by atoms with E-state index in [9.17, 15) is 23.1 Å². The van der Waals surface area contributed by atoms with Gasteiger partial charge in [0.25, 0.3) is 0 Å². The van der Waals surface area contributed by atoms with Crippen LogP contribution >= 0.6 is 0 Å². The number of alkyl halides is 3. The van der Waals surface area contributed by atoms with Gasteiger partial charge >= 0.3 is 12.3 Å². The van der Waals surface area contributed by atoms with Crippen molar-refractivity contribution in [2.75, 3.05) is 13.2 Å². The van der Waals surface area contributed by atoms with Gasteiger partial charge in [0.05, 0.1) is 30.9 Å². The molecular formula is C18H23F3N2O4. The van der Waals surface area contributed by atoms with Crippen molar-refractivity contribution < 1.29 is 32.5 Å². The molecule has 1 amide bonds. The second-order valence-electron chi connectivity index (χ2n) is 8.10. The number of rotatable bonds is 1. The fraction of sp³-hybridized carbons (Fsp3) is 0.667. The minimum Gasteiger partial charge on any atom is -0.444 e. The largest absolute Gasteiger partial charge is 0.444 e. The van der Waals surface area contributed by atoms with Crippen molar-refractivity contribution in [3.63, 3.8) is 0 Å². The number of nitrogens with zero attached hydrogens (tertiary/aromatic N) is 2. The fourth-order valence-corrected chi connectivity index (χ4v) is 3.66. The van der Waals surface area contributed by atoms with Crippen LogP contribution in [-0.2, 0) is 21.3 Å². The summed E-state index contributed by atoms with van der Waals surface area (Å²) in [6.07, 6.45) is -3.69. The Morgan fingerprint density at radius 1 is 1.26 bits per heavy atom. The van der Waals surface area contributed by atoms with Gasteiger partial charge in [0.2, 0.25) is 0 Å². The van der Waals surface area contributed by atoms with Gasteiger partial charge < -0.3 is 14.6 Å². The number of aliphatic hydroxyl groups is 1. The number of fused-ring (bicyclic) bond motifs is 2. The first-order chi connectivity index (χ1) is 12.4. The Morgan fingerprint density at radius 2 is 1.85 bits per heavy atom. The number of aromatic nitrogens is 1. The molecule has 2 saturated heterocycles. The van der Waals surface area contributed by atoms with Crippen LogP contribution in [-0.4, -0.2) is 52.0 Å². The van der Waals surface area contributed by atoms with Crippen LogP contribution in [0.3, 0.4) is 0 Å². The van der Waals surface area contributed by atoms with E-state index in [4.69, 9.17) is 9.47 Å². The van der Waals surface area contributed by atoms with Crippen LogP contribution in [0.15, 0.2) is 18.3 Å². The lowest BCUT2D eigenvalue weighted by Crippen LogP contribution is -2.63. The van der Waals surface area contributed by atoms with E-state index in [0.29, 0.717) is 5.56 Å². The summed E-state index contributed by atoms with van der Waals surface area (Å²) in [5.41, 5.74) is -2.74. The number of ether oxygens (including phenoxy) is 2. The highest BCUT2D eigenvalue weighted by atomic mass is 19.4. The highest BCUT2D eigenvalue weighted by Gasteiger charge is 2.50. The lowest BCUT2D eigenvalue weighted by atomic mass is 9.77. The van der Waals surface area contributed by atoms with Crippen molar-refractivity contribution in [3.05, 3.63) is 29.6 Å². The van der Waals surface area contributed by atoms with Gasteiger partial charge in [-0.1, -0.05) is 6.07 Å². The molecule has 1 N–H and O–H groups in total. The first kappa shape index (κ1) is 19.9. The zero-order valence-electron chi connectivity index (χ0n) is 15.4. The predicted octanol–water partition coefficient (Wildman–Crippen LogP) is 3.09. The van der Waals surface area contributed by atoms with Crippen molar-refractivity contribution in [2.45, 2.75) is 63.1 Å². The molecule has 2 bridgehead atoms. The van der Waals surface area contributed by atoms with Crippen LogP contribution in [0, 0.1) is 0 Å². The second-order valence-corrected chi connectivity index (χ2v) is 8.10. The quantitative estimate of drug-likeness (QED) is 0.801. The lowest BCUT2D eigenvalue weighted by molar-refractivity contribution is -0.144. The molecule has 0 saturated carbocycles. The van der Waals surface area contributed by atoms with E-state index in [1.165, 1.54) is 6.07 Å². The molecule has 3 heterocycles. The minimum absolute atomic E-state index is 0.135. The maximum absolute atomic E-state index is 12.7. The number of pyridine rings is 1. The molecule has 1 aromatic rings. The van der Waals surface area contributed by atoms with Gasteiger partial charge in [-0.05, 0) is 26.8 Å². The third kappa shape index (κ3) is 4.19. The first-order valence-electron chi connectivity index (χ1n) is 8.74. The Labute approximate surface area is 155 Å². The molecule has 0 radical (unpaired) electrons. The van der Waals surface area contributed by atoms with E-state index in [1.54, 1.807) is 25.7 Å². The normalized spacial score (nSPS) is 28.8. The molecule has 0 spiro atoms. The number of amides is 1. The molecule has 2 fully saturated rings.